The molecule has 1 unspecified atom stereocenters. The monoisotopic (exact) mass is 298 g/mol. The maximum atomic E-state index is 12.3. The molecule has 0 heterocycles. The summed E-state index contributed by atoms with van der Waals surface area (Å²) in [5.41, 5.74) is 1.92. The number of hydrogen-bond acceptors (Lipinski definition) is 3. The molecule has 0 saturated heterocycles. The molecule has 0 aromatic heterocycles. The molecule has 0 radical (unpaired) electrons. The van der Waals surface area contributed by atoms with Crippen LogP contribution in [0.15, 0.2) is 60.7 Å². The van der Waals surface area contributed by atoms with Gasteiger partial charge in [0.15, 0.2) is 0 Å². The van der Waals surface area contributed by atoms with Crippen molar-refractivity contribution in [1.29, 1.82) is 0 Å². The SMILES string of the molecule is CCN(CC(=O)NC(CO)c1ccccc1)c1ccccc1. The Bertz CT molecular complexity index is 521. The van der Waals surface area contributed by atoms with Crippen LogP contribution >= 0.6 is 0 Å². The Balaban J connectivity index is 1.99. The van der Waals surface area contributed by atoms with Crippen molar-refractivity contribution in [3.63, 3.8) is 0 Å². The quantitative estimate of drug-likeness (QED) is 0.825. The number of carbonyl (C=O) groups excluding carboxylic acids is 1. The lowest BCUT2D eigenvalue weighted by atomic mass is 10.1. The molecule has 4 heteroatoms. The average molecular weight is 298 g/mol. The van der Waals surface area contributed by atoms with Crippen LogP contribution in [0.4, 0.5) is 5.69 Å². The molecule has 2 aromatic carbocycles. The molecular weight excluding hydrogens is 276 g/mol. The smallest absolute Gasteiger partial charge is 0.240 e. The molecule has 0 spiro atoms. The van der Waals surface area contributed by atoms with Gasteiger partial charge in [-0.1, -0.05) is 48.5 Å². The number of aliphatic hydroxyl groups is 1. The molecule has 0 aliphatic heterocycles. The molecule has 1 amide bonds. The number of carbonyl (C=O) groups is 1. The van der Waals surface area contributed by atoms with Gasteiger partial charge in [0.1, 0.15) is 0 Å². The second-order valence-electron chi connectivity index (χ2n) is 5.06. The second-order valence-corrected chi connectivity index (χ2v) is 5.06. The molecule has 0 saturated carbocycles. The molecule has 2 aromatic rings. The largest absolute Gasteiger partial charge is 0.394 e. The van der Waals surface area contributed by atoms with Crippen LogP contribution in [-0.4, -0.2) is 30.7 Å². The van der Waals surface area contributed by atoms with E-state index in [1.165, 1.54) is 0 Å². The number of rotatable bonds is 7. The highest BCUT2D eigenvalue weighted by atomic mass is 16.3. The summed E-state index contributed by atoms with van der Waals surface area (Å²) < 4.78 is 0. The van der Waals surface area contributed by atoms with E-state index in [1.807, 2.05) is 72.5 Å². The highest BCUT2D eigenvalue weighted by Crippen LogP contribution is 2.14. The number of nitrogens with zero attached hydrogens (tertiary/aromatic N) is 1. The van der Waals surface area contributed by atoms with Crippen molar-refractivity contribution in [2.75, 3.05) is 24.6 Å². The number of nitrogens with one attached hydrogen (secondary N) is 1. The Labute approximate surface area is 131 Å². The van der Waals surface area contributed by atoms with Crippen LogP contribution in [0.5, 0.6) is 0 Å². The Morgan fingerprint density at radius 3 is 2.23 bits per heavy atom. The van der Waals surface area contributed by atoms with Crippen LogP contribution in [0, 0.1) is 0 Å². The van der Waals surface area contributed by atoms with E-state index in [1.54, 1.807) is 0 Å². The Morgan fingerprint density at radius 2 is 1.68 bits per heavy atom. The predicted molar refractivity (Wildman–Crippen MR) is 88.7 cm³/mol. The summed E-state index contributed by atoms with van der Waals surface area (Å²) in [6.07, 6.45) is 0. The molecule has 2 N–H and O–H groups in total. The third-order valence-electron chi connectivity index (χ3n) is 3.56. The molecule has 4 nitrogen and oxygen atoms in total. The van der Waals surface area contributed by atoms with Crippen molar-refractivity contribution >= 4 is 11.6 Å². The fourth-order valence-corrected chi connectivity index (χ4v) is 2.36. The van der Waals surface area contributed by atoms with Crippen LogP contribution in [-0.2, 0) is 4.79 Å². The average Bonchev–Trinajstić information content (AvgIpc) is 2.59. The maximum Gasteiger partial charge on any atom is 0.240 e. The maximum absolute atomic E-state index is 12.3. The van der Waals surface area contributed by atoms with Gasteiger partial charge in [-0.15, -0.1) is 0 Å². The molecule has 116 valence electrons. The van der Waals surface area contributed by atoms with E-state index in [4.69, 9.17) is 0 Å². The molecule has 0 aliphatic rings. The van der Waals surface area contributed by atoms with Gasteiger partial charge in [0.2, 0.25) is 5.91 Å². The Kier molecular flexibility index (Phi) is 5.98. The number of anilines is 1. The summed E-state index contributed by atoms with van der Waals surface area (Å²) in [6.45, 7) is 2.91. The van der Waals surface area contributed by atoms with Gasteiger partial charge in [-0.25, -0.2) is 0 Å². The van der Waals surface area contributed by atoms with Crippen LogP contribution in [0.3, 0.4) is 0 Å². The topological polar surface area (TPSA) is 52.6 Å². The molecule has 2 rings (SSSR count). The lowest BCUT2D eigenvalue weighted by molar-refractivity contribution is -0.120. The summed E-state index contributed by atoms with van der Waals surface area (Å²) >= 11 is 0. The minimum Gasteiger partial charge on any atom is -0.394 e. The van der Waals surface area contributed by atoms with E-state index in [9.17, 15) is 9.90 Å². The molecule has 0 bridgehead atoms. The normalized spacial score (nSPS) is 11.7. The Morgan fingerprint density at radius 1 is 1.09 bits per heavy atom. The standard InChI is InChI=1S/C18H22N2O2/c1-2-20(16-11-7-4-8-12-16)13-18(22)19-17(14-21)15-9-5-3-6-10-15/h3-12,17,21H,2,13-14H2,1H3,(H,19,22). The van der Waals surface area contributed by atoms with Gasteiger partial charge in [-0.3, -0.25) is 4.79 Å². The Hall–Kier alpha value is -2.33. The second kappa shape index (κ2) is 8.20. The van der Waals surface area contributed by atoms with Crippen molar-refractivity contribution < 1.29 is 9.90 Å². The summed E-state index contributed by atoms with van der Waals surface area (Å²) in [5.74, 6) is -0.103. The fraction of sp³-hybridized carbons (Fsp3) is 0.278. The van der Waals surface area contributed by atoms with Crippen molar-refractivity contribution in [2.45, 2.75) is 13.0 Å². The zero-order valence-corrected chi connectivity index (χ0v) is 12.8. The van der Waals surface area contributed by atoms with E-state index in [0.29, 0.717) is 0 Å². The number of benzene rings is 2. The number of amides is 1. The van der Waals surface area contributed by atoms with Crippen LogP contribution < -0.4 is 10.2 Å². The predicted octanol–water partition coefficient (Wildman–Crippen LogP) is 2.36. The molecule has 0 fully saturated rings. The van der Waals surface area contributed by atoms with E-state index >= 15 is 0 Å². The van der Waals surface area contributed by atoms with Crippen molar-refractivity contribution in [2.24, 2.45) is 0 Å². The first-order valence-electron chi connectivity index (χ1n) is 7.49. The van der Waals surface area contributed by atoms with Gasteiger partial charge in [0, 0.05) is 12.2 Å². The van der Waals surface area contributed by atoms with Gasteiger partial charge < -0.3 is 15.3 Å². The van der Waals surface area contributed by atoms with Gasteiger partial charge in [0.05, 0.1) is 19.2 Å². The number of aliphatic hydroxyl groups excluding tert-OH is 1. The highest BCUT2D eigenvalue weighted by Gasteiger charge is 2.15. The van der Waals surface area contributed by atoms with Crippen molar-refractivity contribution in [1.82, 2.24) is 5.32 Å². The fourth-order valence-electron chi connectivity index (χ4n) is 2.36. The minimum absolute atomic E-state index is 0.103. The van der Waals surface area contributed by atoms with Crippen LogP contribution in [0.2, 0.25) is 0 Å². The zero-order valence-electron chi connectivity index (χ0n) is 12.8. The summed E-state index contributed by atoms with van der Waals surface area (Å²) in [7, 11) is 0. The lowest BCUT2D eigenvalue weighted by Crippen LogP contribution is -2.40. The van der Waals surface area contributed by atoms with E-state index in [2.05, 4.69) is 5.32 Å². The first kappa shape index (κ1) is 16.0. The lowest BCUT2D eigenvalue weighted by Gasteiger charge is -2.24. The summed E-state index contributed by atoms with van der Waals surface area (Å²) in [6, 6.07) is 19.0. The van der Waals surface area contributed by atoms with Gasteiger partial charge >= 0.3 is 0 Å². The van der Waals surface area contributed by atoms with Gasteiger partial charge in [-0.05, 0) is 24.6 Å². The molecular formula is C18H22N2O2. The van der Waals surface area contributed by atoms with Crippen molar-refractivity contribution in [3.8, 4) is 0 Å². The van der Waals surface area contributed by atoms with E-state index in [-0.39, 0.29) is 25.1 Å². The number of para-hydroxylation sites is 1. The molecule has 22 heavy (non-hydrogen) atoms. The first-order chi connectivity index (χ1) is 10.7. The number of hydrogen-bond donors (Lipinski definition) is 2. The number of likely N-dealkylation sites (N-methyl/N-ethyl adjacent to an activating group) is 1. The molecule has 0 aliphatic carbocycles. The van der Waals surface area contributed by atoms with Gasteiger partial charge in [-0.2, -0.15) is 0 Å². The van der Waals surface area contributed by atoms with E-state index < -0.39 is 0 Å². The molecule has 1 atom stereocenters. The summed E-state index contributed by atoms with van der Waals surface area (Å²) in [4.78, 5) is 14.3. The zero-order chi connectivity index (χ0) is 15.8. The van der Waals surface area contributed by atoms with Crippen LogP contribution in [0.25, 0.3) is 0 Å². The van der Waals surface area contributed by atoms with E-state index in [0.717, 1.165) is 17.8 Å². The highest BCUT2D eigenvalue weighted by molar-refractivity contribution is 5.81. The third kappa shape index (κ3) is 4.33. The van der Waals surface area contributed by atoms with Crippen LogP contribution in [0.1, 0.15) is 18.5 Å². The minimum atomic E-state index is -0.372. The third-order valence-corrected chi connectivity index (χ3v) is 3.56. The van der Waals surface area contributed by atoms with Crippen molar-refractivity contribution in [3.05, 3.63) is 66.2 Å². The first-order valence-corrected chi connectivity index (χ1v) is 7.49. The summed E-state index contributed by atoms with van der Waals surface area (Å²) in [5, 5.41) is 12.4. The van der Waals surface area contributed by atoms with Gasteiger partial charge in [0.25, 0.3) is 0 Å².